The third kappa shape index (κ3) is 6.50. The van der Waals surface area contributed by atoms with E-state index in [1.807, 2.05) is 0 Å². The van der Waals surface area contributed by atoms with Crippen molar-refractivity contribution < 1.29 is 22.4 Å². The van der Waals surface area contributed by atoms with E-state index in [1.54, 1.807) is 19.1 Å². The number of rotatable bonds is 10. The molecule has 0 saturated heterocycles. The van der Waals surface area contributed by atoms with Gasteiger partial charge >= 0.3 is 0 Å². The van der Waals surface area contributed by atoms with E-state index in [9.17, 15) is 22.4 Å². The van der Waals surface area contributed by atoms with Crippen LogP contribution in [0.4, 0.5) is 4.39 Å². The van der Waals surface area contributed by atoms with Crippen LogP contribution >= 0.6 is 0 Å². The van der Waals surface area contributed by atoms with Crippen molar-refractivity contribution in [3.05, 3.63) is 78.1 Å². The van der Waals surface area contributed by atoms with Gasteiger partial charge < -0.3 is 10.2 Å². The first-order valence-corrected chi connectivity index (χ1v) is 10.8. The smallest absolute Gasteiger partial charge is 0.254 e. The van der Waals surface area contributed by atoms with Crippen molar-refractivity contribution in [2.24, 2.45) is 0 Å². The van der Waals surface area contributed by atoms with Crippen molar-refractivity contribution in [3.63, 3.8) is 0 Å². The second-order valence-electron chi connectivity index (χ2n) is 6.39. The second-order valence-corrected chi connectivity index (χ2v) is 8.15. The first-order chi connectivity index (χ1) is 14.3. The summed E-state index contributed by atoms with van der Waals surface area (Å²) in [6.07, 6.45) is 1.43. The van der Waals surface area contributed by atoms with Crippen LogP contribution in [0.15, 0.2) is 66.1 Å². The van der Waals surface area contributed by atoms with Gasteiger partial charge in [-0.05, 0) is 48.9 Å². The van der Waals surface area contributed by atoms with E-state index in [0.717, 1.165) is 5.56 Å². The van der Waals surface area contributed by atoms with Gasteiger partial charge in [-0.1, -0.05) is 18.2 Å². The number of nitrogens with zero attached hydrogens (tertiary/aromatic N) is 1. The molecule has 9 heteroatoms. The molecule has 0 aliphatic carbocycles. The molecule has 2 amide bonds. The van der Waals surface area contributed by atoms with Crippen LogP contribution in [-0.4, -0.2) is 44.8 Å². The highest BCUT2D eigenvalue weighted by molar-refractivity contribution is 7.89. The Labute approximate surface area is 175 Å². The highest BCUT2D eigenvalue weighted by Gasteiger charge is 2.19. The summed E-state index contributed by atoms with van der Waals surface area (Å²) in [5.41, 5.74) is 1.01. The number of benzene rings is 2. The summed E-state index contributed by atoms with van der Waals surface area (Å²) in [5.74, 6) is -1.11. The summed E-state index contributed by atoms with van der Waals surface area (Å²) in [7, 11) is -3.68. The van der Waals surface area contributed by atoms with E-state index in [4.69, 9.17) is 0 Å². The maximum absolute atomic E-state index is 12.9. The fourth-order valence-electron chi connectivity index (χ4n) is 2.57. The lowest BCUT2D eigenvalue weighted by molar-refractivity contribution is -0.121. The quantitative estimate of drug-likeness (QED) is 0.561. The zero-order chi connectivity index (χ0) is 22.1. The first-order valence-electron chi connectivity index (χ1n) is 9.28. The number of halogens is 1. The molecule has 2 aromatic carbocycles. The summed E-state index contributed by atoms with van der Waals surface area (Å²) >= 11 is 0. The van der Waals surface area contributed by atoms with Crippen LogP contribution in [0.2, 0.25) is 0 Å². The fourth-order valence-corrected chi connectivity index (χ4v) is 3.57. The molecule has 30 heavy (non-hydrogen) atoms. The highest BCUT2D eigenvalue weighted by Crippen LogP contribution is 2.12. The number of likely N-dealkylation sites (N-methyl/N-ethyl adjacent to an activating group) is 1. The van der Waals surface area contributed by atoms with Gasteiger partial charge in [0, 0.05) is 25.2 Å². The number of carbonyl (C=O) groups is 2. The molecular formula is C21H24FN3O4S. The Hall–Kier alpha value is -3.04. The molecule has 0 radical (unpaired) electrons. The summed E-state index contributed by atoms with van der Waals surface area (Å²) in [6.45, 7) is 5.65. The predicted molar refractivity (Wildman–Crippen MR) is 112 cm³/mol. The maximum Gasteiger partial charge on any atom is 0.254 e. The van der Waals surface area contributed by atoms with Crippen molar-refractivity contribution in [2.75, 3.05) is 19.6 Å². The van der Waals surface area contributed by atoms with Crippen LogP contribution in [0, 0.1) is 5.82 Å². The molecular weight excluding hydrogens is 409 g/mol. The van der Waals surface area contributed by atoms with Crippen LogP contribution in [0.1, 0.15) is 22.8 Å². The molecule has 0 aliphatic rings. The highest BCUT2D eigenvalue weighted by atomic mass is 32.2. The topological polar surface area (TPSA) is 95.6 Å². The van der Waals surface area contributed by atoms with Crippen molar-refractivity contribution in [3.8, 4) is 0 Å². The van der Waals surface area contributed by atoms with E-state index < -0.39 is 15.9 Å². The minimum absolute atomic E-state index is 0.0287. The van der Waals surface area contributed by atoms with Gasteiger partial charge in [-0.2, -0.15) is 0 Å². The normalized spacial score (nSPS) is 11.0. The molecule has 0 aliphatic heterocycles. The molecule has 0 bridgehead atoms. The molecule has 160 valence electrons. The second kappa shape index (κ2) is 10.7. The van der Waals surface area contributed by atoms with Crippen LogP contribution in [0.3, 0.4) is 0 Å². The summed E-state index contributed by atoms with van der Waals surface area (Å²) < 4.78 is 39.5. The monoisotopic (exact) mass is 433 g/mol. The molecule has 2 rings (SSSR count). The predicted octanol–water partition coefficient (Wildman–Crippen LogP) is 2.07. The Morgan fingerprint density at radius 2 is 1.73 bits per heavy atom. The molecule has 7 nitrogen and oxygen atoms in total. The van der Waals surface area contributed by atoms with Crippen molar-refractivity contribution in [1.29, 1.82) is 0 Å². The van der Waals surface area contributed by atoms with Gasteiger partial charge in [0.2, 0.25) is 15.9 Å². The molecule has 0 atom stereocenters. The molecule has 0 fully saturated rings. The summed E-state index contributed by atoms with van der Waals surface area (Å²) in [5, 5.41) is 2.69. The number of carbonyl (C=O) groups excluding carboxylic acids is 2. The Balaban J connectivity index is 1.98. The van der Waals surface area contributed by atoms with E-state index in [0.29, 0.717) is 6.54 Å². The van der Waals surface area contributed by atoms with Crippen molar-refractivity contribution in [1.82, 2.24) is 14.9 Å². The van der Waals surface area contributed by atoms with Gasteiger partial charge in [-0.3, -0.25) is 9.59 Å². The molecule has 2 N–H and O–H groups in total. The lowest BCUT2D eigenvalue weighted by atomic mass is 10.2. The van der Waals surface area contributed by atoms with Gasteiger partial charge in [0.15, 0.2) is 0 Å². The van der Waals surface area contributed by atoms with E-state index in [2.05, 4.69) is 16.6 Å². The minimum Gasteiger partial charge on any atom is -0.350 e. The van der Waals surface area contributed by atoms with Gasteiger partial charge in [0.1, 0.15) is 5.82 Å². The van der Waals surface area contributed by atoms with E-state index in [1.165, 1.54) is 47.4 Å². The number of hydrogen-bond acceptors (Lipinski definition) is 4. The van der Waals surface area contributed by atoms with E-state index in [-0.39, 0.29) is 41.8 Å². The summed E-state index contributed by atoms with van der Waals surface area (Å²) in [4.78, 5) is 26.3. The molecule has 0 heterocycles. The zero-order valence-electron chi connectivity index (χ0n) is 16.6. The van der Waals surface area contributed by atoms with Crippen LogP contribution in [0.5, 0.6) is 0 Å². The number of nitrogens with one attached hydrogen (secondary N) is 2. The fraction of sp³-hybridized carbons (Fsp3) is 0.238. The van der Waals surface area contributed by atoms with Gasteiger partial charge in [-0.15, -0.1) is 6.58 Å². The van der Waals surface area contributed by atoms with Crippen molar-refractivity contribution >= 4 is 21.8 Å². The minimum atomic E-state index is -3.68. The third-order valence-corrected chi connectivity index (χ3v) is 5.68. The molecule has 0 aromatic heterocycles. The van der Waals surface area contributed by atoms with Gasteiger partial charge in [0.25, 0.3) is 5.91 Å². The van der Waals surface area contributed by atoms with Crippen molar-refractivity contribution in [2.45, 2.75) is 18.4 Å². The Morgan fingerprint density at radius 3 is 2.30 bits per heavy atom. The Morgan fingerprint density at radius 1 is 1.10 bits per heavy atom. The van der Waals surface area contributed by atoms with Crippen LogP contribution in [0.25, 0.3) is 0 Å². The number of hydrogen-bond donors (Lipinski definition) is 2. The van der Waals surface area contributed by atoms with E-state index >= 15 is 0 Å². The lowest BCUT2D eigenvalue weighted by Crippen LogP contribution is -2.40. The third-order valence-electron chi connectivity index (χ3n) is 4.24. The molecule has 0 saturated carbocycles. The molecule has 0 unspecified atom stereocenters. The largest absolute Gasteiger partial charge is 0.350 e. The van der Waals surface area contributed by atoms with Gasteiger partial charge in [0.05, 0.1) is 11.4 Å². The lowest BCUT2D eigenvalue weighted by Gasteiger charge is -2.20. The summed E-state index contributed by atoms with van der Waals surface area (Å²) in [6, 6.07) is 11.2. The van der Waals surface area contributed by atoms with Gasteiger partial charge in [-0.25, -0.2) is 17.5 Å². The maximum atomic E-state index is 12.9. The first kappa shape index (κ1) is 23.2. The molecule has 2 aromatic rings. The Bertz CT molecular complexity index is 990. The number of sulfonamides is 1. The molecule has 0 spiro atoms. The van der Waals surface area contributed by atoms with Crippen LogP contribution in [-0.2, 0) is 21.4 Å². The average molecular weight is 434 g/mol. The zero-order valence-corrected chi connectivity index (χ0v) is 17.4. The SMILES string of the molecule is C=CCNS(=O)(=O)c1ccc(C(=O)N(CC)CC(=O)NCc2ccc(F)cc2)cc1. The standard InChI is InChI=1S/C21H24FN3O4S/c1-3-13-24-30(28,29)19-11-7-17(8-12-19)21(27)25(4-2)15-20(26)23-14-16-5-9-18(22)10-6-16/h3,5-12,24H,1,4,13-15H2,2H3,(H,23,26). The Kier molecular flexibility index (Phi) is 8.25. The average Bonchev–Trinajstić information content (AvgIpc) is 2.75. The number of amides is 2. The van der Waals surface area contributed by atoms with Crippen LogP contribution < -0.4 is 10.0 Å².